The smallest absolute Gasteiger partial charge is 0.230 e. The van der Waals surface area contributed by atoms with Gasteiger partial charge in [-0.3, -0.25) is 14.5 Å². The fraction of sp³-hybridized carbons (Fsp3) is 0.357. The predicted molar refractivity (Wildman–Crippen MR) is 73.9 cm³/mol. The average Bonchev–Trinajstić information content (AvgIpc) is 2.71. The highest BCUT2D eigenvalue weighted by Gasteiger charge is 2.28. The second kappa shape index (κ2) is 6.70. The highest BCUT2D eigenvalue weighted by Crippen LogP contribution is 2.24. The largest absolute Gasteiger partial charge is 0.277 e. The van der Waals surface area contributed by atoms with E-state index in [2.05, 4.69) is 11.9 Å². The van der Waals surface area contributed by atoms with Gasteiger partial charge in [-0.15, -0.1) is 11.8 Å². The summed E-state index contributed by atoms with van der Waals surface area (Å²) in [7, 11) is 0. The third-order valence-electron chi connectivity index (χ3n) is 2.82. The number of pyridine rings is 1. The highest BCUT2D eigenvalue weighted by atomic mass is 32.2. The van der Waals surface area contributed by atoms with Crippen LogP contribution in [0, 0.1) is 13.5 Å². The van der Waals surface area contributed by atoms with Crippen molar-refractivity contribution in [3.63, 3.8) is 0 Å². The molecule has 2 heterocycles. The molecule has 1 aliphatic heterocycles. The van der Waals surface area contributed by atoms with E-state index in [1.807, 2.05) is 18.2 Å². The summed E-state index contributed by atoms with van der Waals surface area (Å²) in [5, 5.41) is 1.09. The Labute approximate surface area is 117 Å². The molecule has 1 saturated heterocycles. The molecule has 1 aromatic heterocycles. The Balaban J connectivity index is 1.71. The molecular weight excluding hydrogens is 260 g/mol. The maximum atomic E-state index is 11.4. The van der Waals surface area contributed by atoms with Gasteiger partial charge in [0.2, 0.25) is 11.8 Å². The Morgan fingerprint density at radius 3 is 2.74 bits per heavy atom. The fourth-order valence-corrected chi connectivity index (χ4v) is 2.71. The maximum absolute atomic E-state index is 11.4. The highest BCUT2D eigenvalue weighted by molar-refractivity contribution is 7.99. The van der Waals surface area contributed by atoms with E-state index in [-0.39, 0.29) is 17.1 Å². The van der Waals surface area contributed by atoms with Crippen molar-refractivity contribution in [2.45, 2.75) is 36.0 Å². The van der Waals surface area contributed by atoms with Gasteiger partial charge in [0.1, 0.15) is 0 Å². The minimum atomic E-state index is -0.0945. The van der Waals surface area contributed by atoms with Crippen LogP contribution in [0.25, 0.3) is 0 Å². The molecule has 2 radical (unpaired) electrons. The summed E-state index contributed by atoms with van der Waals surface area (Å²) in [5.74, 6) is -0.189. The van der Waals surface area contributed by atoms with Crippen molar-refractivity contribution in [1.82, 2.24) is 9.88 Å². The molecule has 0 aliphatic carbocycles. The molecule has 1 atom stereocenters. The van der Waals surface area contributed by atoms with Gasteiger partial charge in [0.25, 0.3) is 0 Å². The lowest BCUT2D eigenvalue weighted by molar-refractivity contribution is -0.136. The van der Waals surface area contributed by atoms with Gasteiger partial charge in [0.15, 0.2) is 0 Å². The summed E-state index contributed by atoms with van der Waals surface area (Å²) in [6.07, 6.45) is 3.91. The molecule has 100 valence electrons. The molecule has 1 fully saturated rings. The van der Waals surface area contributed by atoms with Crippen LogP contribution in [0.2, 0.25) is 0 Å². The predicted octanol–water partition coefficient (Wildman–Crippen LogP) is 2.47. The maximum Gasteiger partial charge on any atom is 0.230 e. The summed E-state index contributed by atoms with van der Waals surface area (Å²) in [6, 6.07) is 5.76. The van der Waals surface area contributed by atoms with E-state index in [4.69, 9.17) is 0 Å². The van der Waals surface area contributed by atoms with Gasteiger partial charge in [-0.2, -0.15) is 0 Å². The van der Waals surface area contributed by atoms with E-state index in [0.717, 1.165) is 11.4 Å². The molecule has 0 bridgehead atoms. The van der Waals surface area contributed by atoms with Gasteiger partial charge >= 0.3 is 0 Å². The van der Waals surface area contributed by atoms with E-state index in [1.165, 1.54) is 4.90 Å². The number of amides is 2. The van der Waals surface area contributed by atoms with Gasteiger partial charge in [-0.05, 0) is 31.9 Å². The van der Waals surface area contributed by atoms with Crippen molar-refractivity contribution in [3.8, 4) is 0 Å². The quantitative estimate of drug-likeness (QED) is 0.591. The Hall–Kier alpha value is -1.36. The molecule has 4 nitrogen and oxygen atoms in total. The molecule has 1 aromatic rings. The van der Waals surface area contributed by atoms with Crippen molar-refractivity contribution in [2.24, 2.45) is 0 Å². The first-order chi connectivity index (χ1) is 9.16. The lowest BCUT2D eigenvalue weighted by Crippen LogP contribution is -2.26. The van der Waals surface area contributed by atoms with Gasteiger partial charge < -0.3 is 0 Å². The monoisotopic (exact) mass is 276 g/mol. The number of imide groups is 1. The Kier molecular flexibility index (Phi) is 4.96. The number of hydrogen-bond donors (Lipinski definition) is 0. The van der Waals surface area contributed by atoms with Crippen LogP contribution < -0.4 is 0 Å². The van der Waals surface area contributed by atoms with Crippen molar-refractivity contribution in [2.75, 3.05) is 0 Å². The molecule has 19 heavy (non-hydrogen) atoms. The molecular formula is C14H16N2O2S. The van der Waals surface area contributed by atoms with Crippen molar-refractivity contribution < 1.29 is 9.59 Å². The number of carbonyl (C=O) groups excluding carboxylic acids is 2. The third-order valence-corrected chi connectivity index (χ3v) is 3.87. The zero-order chi connectivity index (χ0) is 13.7. The van der Waals surface area contributed by atoms with E-state index >= 15 is 0 Å². The zero-order valence-electron chi connectivity index (χ0n) is 10.6. The van der Waals surface area contributed by atoms with Crippen LogP contribution in [0.5, 0.6) is 0 Å². The summed E-state index contributed by atoms with van der Waals surface area (Å²) in [5.41, 5.74) is 0. The van der Waals surface area contributed by atoms with Gasteiger partial charge in [-0.25, -0.2) is 4.98 Å². The number of aromatic nitrogens is 1. The van der Waals surface area contributed by atoms with Crippen LogP contribution in [0.1, 0.15) is 25.7 Å². The number of nitrogens with zero attached hydrogens (tertiary/aromatic N) is 2. The first-order valence-corrected chi connectivity index (χ1v) is 7.14. The zero-order valence-corrected chi connectivity index (χ0v) is 11.4. The summed E-state index contributed by atoms with van der Waals surface area (Å²) < 4.78 is 0. The molecule has 1 unspecified atom stereocenters. The average molecular weight is 276 g/mol. The molecule has 0 spiro atoms. The van der Waals surface area contributed by atoms with Gasteiger partial charge in [0, 0.05) is 24.3 Å². The van der Waals surface area contributed by atoms with Crippen LogP contribution in [-0.2, 0) is 9.59 Å². The number of likely N-dealkylation sites (tertiary alicyclic amines) is 1. The summed E-state index contributed by atoms with van der Waals surface area (Å²) >= 11 is 1.60. The first kappa shape index (κ1) is 14.1. The second-order valence-corrected chi connectivity index (χ2v) is 5.65. The van der Waals surface area contributed by atoms with Crippen LogP contribution in [0.15, 0.2) is 29.4 Å². The Morgan fingerprint density at radius 1 is 1.37 bits per heavy atom. The second-order valence-electron chi connectivity index (χ2n) is 4.33. The van der Waals surface area contributed by atoms with E-state index < -0.39 is 0 Å². The molecule has 2 amide bonds. The van der Waals surface area contributed by atoms with E-state index in [0.29, 0.717) is 19.3 Å². The fourth-order valence-electron chi connectivity index (χ4n) is 1.83. The SMILES string of the molecule is [CH2]C(CC[CH]N1C(=O)CCC1=O)Sc1ccccn1. The van der Waals surface area contributed by atoms with Crippen LogP contribution in [0.3, 0.4) is 0 Å². The van der Waals surface area contributed by atoms with Crippen molar-refractivity contribution >= 4 is 23.6 Å². The van der Waals surface area contributed by atoms with Crippen LogP contribution >= 0.6 is 11.8 Å². The standard InChI is InChI=1S/C14H16N2O2S/c1-11(19-12-6-2-3-9-15-12)5-4-10-16-13(17)7-8-14(16)18/h2-3,6,9-11H,1,4-5,7-8H2. The normalized spacial score (nSPS) is 17.0. The summed E-state index contributed by atoms with van der Waals surface area (Å²) in [6.45, 7) is 5.74. The van der Waals surface area contributed by atoms with Crippen molar-refractivity contribution in [1.29, 1.82) is 0 Å². The third kappa shape index (κ3) is 4.06. The number of rotatable bonds is 6. The molecule has 0 aromatic carbocycles. The Morgan fingerprint density at radius 2 is 2.11 bits per heavy atom. The lowest BCUT2D eigenvalue weighted by Gasteiger charge is -2.14. The molecule has 0 N–H and O–H groups in total. The topological polar surface area (TPSA) is 50.3 Å². The van der Waals surface area contributed by atoms with Gasteiger partial charge in [0.05, 0.1) is 11.6 Å². The van der Waals surface area contributed by atoms with Crippen LogP contribution in [0.4, 0.5) is 0 Å². The molecule has 1 aliphatic rings. The summed E-state index contributed by atoms with van der Waals surface area (Å²) in [4.78, 5) is 28.3. The molecule has 5 heteroatoms. The van der Waals surface area contributed by atoms with E-state index in [9.17, 15) is 9.59 Å². The first-order valence-electron chi connectivity index (χ1n) is 6.26. The number of thioether (sulfide) groups is 1. The minimum absolute atomic E-state index is 0.0945. The number of carbonyl (C=O) groups is 2. The molecule has 0 saturated carbocycles. The Bertz CT molecular complexity index is 434. The lowest BCUT2D eigenvalue weighted by atomic mass is 10.2. The van der Waals surface area contributed by atoms with Crippen LogP contribution in [-0.4, -0.2) is 26.9 Å². The minimum Gasteiger partial charge on any atom is -0.277 e. The van der Waals surface area contributed by atoms with Crippen molar-refractivity contribution in [3.05, 3.63) is 37.9 Å². The number of hydrogen-bond acceptors (Lipinski definition) is 4. The van der Waals surface area contributed by atoms with Gasteiger partial charge in [-0.1, -0.05) is 6.07 Å². The van der Waals surface area contributed by atoms with E-state index in [1.54, 1.807) is 24.5 Å². The molecule has 2 rings (SSSR count).